The van der Waals surface area contributed by atoms with E-state index in [0.29, 0.717) is 11.3 Å². The molecule has 1 aromatic rings. The lowest BCUT2D eigenvalue weighted by atomic mass is 10.1. The number of nitrogens with zero attached hydrogens (tertiary/aromatic N) is 1. The van der Waals surface area contributed by atoms with Crippen molar-refractivity contribution in [2.45, 2.75) is 31.7 Å². The van der Waals surface area contributed by atoms with Crippen molar-refractivity contribution in [1.29, 1.82) is 0 Å². The number of nitrogens with one attached hydrogen (secondary N) is 3. The van der Waals surface area contributed by atoms with Gasteiger partial charge in [0.2, 0.25) is 11.8 Å². The second kappa shape index (κ2) is 9.17. The molecule has 0 unspecified atom stereocenters. The Kier molecular flexibility index (Phi) is 6.94. The molecule has 0 atom stereocenters. The molecule has 1 aromatic carbocycles. The van der Waals surface area contributed by atoms with E-state index in [1.54, 1.807) is 43.3 Å². The average Bonchev–Trinajstić information content (AvgIpc) is 3.07. The van der Waals surface area contributed by atoms with Crippen LogP contribution in [0.1, 0.15) is 36.0 Å². The fraction of sp³-hybridized carbons (Fsp3) is 0.500. The molecule has 2 rings (SSSR count). The highest BCUT2D eigenvalue weighted by Crippen LogP contribution is 2.20. The zero-order valence-corrected chi connectivity index (χ0v) is 14.8. The Balaban J connectivity index is 1.96. The minimum absolute atomic E-state index is 0.0615. The van der Waals surface area contributed by atoms with Crippen LogP contribution in [0, 0.1) is 0 Å². The highest BCUT2D eigenvalue weighted by atomic mass is 16.2. The van der Waals surface area contributed by atoms with E-state index in [-0.39, 0.29) is 36.9 Å². The van der Waals surface area contributed by atoms with Crippen LogP contribution in [0.3, 0.4) is 0 Å². The van der Waals surface area contributed by atoms with Crippen molar-refractivity contribution in [3.05, 3.63) is 29.8 Å². The Morgan fingerprint density at radius 3 is 2.40 bits per heavy atom. The molecule has 0 radical (unpaired) electrons. The number of hydrogen-bond donors (Lipinski definition) is 3. The van der Waals surface area contributed by atoms with Crippen molar-refractivity contribution < 1.29 is 14.4 Å². The number of para-hydroxylation sites is 1. The normalized spacial score (nSPS) is 14.4. The van der Waals surface area contributed by atoms with E-state index in [1.807, 2.05) is 0 Å². The van der Waals surface area contributed by atoms with Gasteiger partial charge in [-0.15, -0.1) is 0 Å². The minimum Gasteiger partial charge on any atom is -0.358 e. The van der Waals surface area contributed by atoms with Crippen LogP contribution in [0.15, 0.2) is 24.3 Å². The first kappa shape index (κ1) is 18.9. The number of amides is 3. The van der Waals surface area contributed by atoms with Gasteiger partial charge in [-0.3, -0.25) is 19.3 Å². The third kappa shape index (κ3) is 5.86. The van der Waals surface area contributed by atoms with Crippen molar-refractivity contribution in [3.8, 4) is 0 Å². The Labute approximate surface area is 148 Å². The molecule has 1 fully saturated rings. The molecular formula is C18H26N4O3. The highest BCUT2D eigenvalue weighted by Gasteiger charge is 2.20. The van der Waals surface area contributed by atoms with Crippen LogP contribution in [0.5, 0.6) is 0 Å². The van der Waals surface area contributed by atoms with Crippen LogP contribution in [0.25, 0.3) is 0 Å². The second-order valence-electron chi connectivity index (χ2n) is 6.39. The molecule has 0 saturated heterocycles. The van der Waals surface area contributed by atoms with Gasteiger partial charge >= 0.3 is 0 Å². The van der Waals surface area contributed by atoms with Gasteiger partial charge < -0.3 is 16.0 Å². The molecule has 0 aliphatic heterocycles. The van der Waals surface area contributed by atoms with E-state index in [1.165, 1.54) is 0 Å². The first-order chi connectivity index (χ1) is 12.0. The fourth-order valence-corrected chi connectivity index (χ4v) is 2.94. The summed E-state index contributed by atoms with van der Waals surface area (Å²) in [6.45, 7) is 0.194. The van der Waals surface area contributed by atoms with E-state index in [4.69, 9.17) is 0 Å². The van der Waals surface area contributed by atoms with E-state index >= 15 is 0 Å². The molecule has 0 heterocycles. The quantitative estimate of drug-likeness (QED) is 0.686. The van der Waals surface area contributed by atoms with Gasteiger partial charge in [0.05, 0.1) is 24.3 Å². The lowest BCUT2D eigenvalue weighted by Gasteiger charge is -2.17. The SMILES string of the molecule is CNC(=O)CN(C)CC(=O)Nc1ccccc1C(=O)NC1CCCC1. The molecule has 7 heteroatoms. The third-order valence-corrected chi connectivity index (χ3v) is 4.24. The van der Waals surface area contributed by atoms with E-state index < -0.39 is 0 Å². The number of benzene rings is 1. The van der Waals surface area contributed by atoms with Crippen LogP contribution >= 0.6 is 0 Å². The summed E-state index contributed by atoms with van der Waals surface area (Å²) < 4.78 is 0. The number of rotatable bonds is 7. The van der Waals surface area contributed by atoms with Crippen LogP contribution < -0.4 is 16.0 Å². The number of likely N-dealkylation sites (N-methyl/N-ethyl adjacent to an activating group) is 2. The maximum Gasteiger partial charge on any atom is 0.253 e. The number of carbonyl (C=O) groups excluding carboxylic acids is 3. The van der Waals surface area contributed by atoms with Crippen LogP contribution in [-0.2, 0) is 9.59 Å². The molecule has 0 spiro atoms. The first-order valence-corrected chi connectivity index (χ1v) is 8.58. The van der Waals surface area contributed by atoms with Gasteiger partial charge in [0.25, 0.3) is 5.91 Å². The Morgan fingerprint density at radius 2 is 1.72 bits per heavy atom. The van der Waals surface area contributed by atoms with Crippen LogP contribution in [-0.4, -0.2) is 55.8 Å². The summed E-state index contributed by atoms with van der Waals surface area (Å²) in [6.07, 6.45) is 4.29. The molecule has 136 valence electrons. The van der Waals surface area contributed by atoms with Gasteiger partial charge in [0, 0.05) is 13.1 Å². The van der Waals surface area contributed by atoms with Crippen LogP contribution in [0.2, 0.25) is 0 Å². The van der Waals surface area contributed by atoms with Gasteiger partial charge in [0.1, 0.15) is 0 Å². The minimum atomic E-state index is -0.271. The Morgan fingerprint density at radius 1 is 1.08 bits per heavy atom. The number of anilines is 1. The topological polar surface area (TPSA) is 90.5 Å². The van der Waals surface area contributed by atoms with Gasteiger partial charge in [-0.05, 0) is 32.0 Å². The largest absolute Gasteiger partial charge is 0.358 e. The summed E-state index contributed by atoms with van der Waals surface area (Å²) in [5.74, 6) is -0.597. The summed E-state index contributed by atoms with van der Waals surface area (Å²) in [5.41, 5.74) is 0.938. The first-order valence-electron chi connectivity index (χ1n) is 8.58. The van der Waals surface area contributed by atoms with Crippen molar-refractivity contribution in [2.24, 2.45) is 0 Å². The number of hydrogen-bond acceptors (Lipinski definition) is 4. The maximum absolute atomic E-state index is 12.5. The van der Waals surface area contributed by atoms with Crippen molar-refractivity contribution in [3.63, 3.8) is 0 Å². The summed E-state index contributed by atoms with van der Waals surface area (Å²) >= 11 is 0. The van der Waals surface area contributed by atoms with E-state index in [0.717, 1.165) is 25.7 Å². The second-order valence-corrected chi connectivity index (χ2v) is 6.39. The van der Waals surface area contributed by atoms with Crippen molar-refractivity contribution in [2.75, 3.05) is 32.5 Å². The van der Waals surface area contributed by atoms with Gasteiger partial charge in [-0.1, -0.05) is 25.0 Å². The number of carbonyl (C=O) groups is 3. The molecule has 1 aliphatic rings. The van der Waals surface area contributed by atoms with Gasteiger partial charge in [-0.2, -0.15) is 0 Å². The summed E-state index contributed by atoms with van der Waals surface area (Å²) in [6, 6.07) is 7.18. The molecule has 0 aromatic heterocycles. The predicted molar refractivity (Wildman–Crippen MR) is 96.4 cm³/mol. The fourth-order valence-electron chi connectivity index (χ4n) is 2.94. The molecule has 25 heavy (non-hydrogen) atoms. The average molecular weight is 346 g/mol. The molecule has 7 nitrogen and oxygen atoms in total. The zero-order valence-electron chi connectivity index (χ0n) is 14.8. The van der Waals surface area contributed by atoms with E-state index in [2.05, 4.69) is 16.0 Å². The Bertz CT molecular complexity index is 627. The molecular weight excluding hydrogens is 320 g/mol. The smallest absolute Gasteiger partial charge is 0.253 e. The molecule has 3 amide bonds. The summed E-state index contributed by atoms with van der Waals surface area (Å²) in [5, 5.41) is 8.31. The lowest BCUT2D eigenvalue weighted by Crippen LogP contribution is -2.38. The van der Waals surface area contributed by atoms with Crippen LogP contribution in [0.4, 0.5) is 5.69 Å². The molecule has 1 aliphatic carbocycles. The zero-order chi connectivity index (χ0) is 18.2. The summed E-state index contributed by atoms with van der Waals surface area (Å²) in [7, 11) is 3.24. The standard InChI is InChI=1S/C18H26N4O3/c1-19-16(23)11-22(2)12-17(24)21-15-10-6-5-9-14(15)18(25)20-13-7-3-4-8-13/h5-6,9-10,13H,3-4,7-8,11-12H2,1-2H3,(H,19,23)(H,20,25)(H,21,24). The van der Waals surface area contributed by atoms with Crippen molar-refractivity contribution in [1.82, 2.24) is 15.5 Å². The molecule has 0 bridgehead atoms. The van der Waals surface area contributed by atoms with E-state index in [9.17, 15) is 14.4 Å². The summed E-state index contributed by atoms with van der Waals surface area (Å²) in [4.78, 5) is 37.6. The monoisotopic (exact) mass is 346 g/mol. The van der Waals surface area contributed by atoms with Gasteiger partial charge in [-0.25, -0.2) is 0 Å². The molecule has 3 N–H and O–H groups in total. The maximum atomic E-state index is 12.5. The lowest BCUT2D eigenvalue weighted by molar-refractivity contribution is -0.122. The third-order valence-electron chi connectivity index (χ3n) is 4.24. The highest BCUT2D eigenvalue weighted by molar-refractivity contribution is 6.04. The Hall–Kier alpha value is -2.41. The van der Waals surface area contributed by atoms with Gasteiger partial charge in [0.15, 0.2) is 0 Å². The predicted octanol–water partition coefficient (Wildman–Crippen LogP) is 0.975. The van der Waals surface area contributed by atoms with Crippen molar-refractivity contribution >= 4 is 23.4 Å². The molecule has 1 saturated carbocycles.